The summed E-state index contributed by atoms with van der Waals surface area (Å²) in [7, 11) is 1.37. The van der Waals surface area contributed by atoms with Gasteiger partial charge in [0.05, 0.1) is 12.8 Å². The molecule has 5 nitrogen and oxygen atoms in total. The summed E-state index contributed by atoms with van der Waals surface area (Å²) in [5.41, 5.74) is 1.63. The van der Waals surface area contributed by atoms with Crippen LogP contribution < -0.4 is 19.7 Å². The van der Waals surface area contributed by atoms with Gasteiger partial charge in [-0.25, -0.2) is 8.78 Å². The number of methoxy groups -OCH3 is 1. The predicted octanol–water partition coefficient (Wildman–Crippen LogP) is 5.09. The van der Waals surface area contributed by atoms with Crippen molar-refractivity contribution < 1.29 is 31.8 Å². The van der Waals surface area contributed by atoms with E-state index in [4.69, 9.17) is 21.7 Å². The molecule has 0 aromatic heterocycles. The Morgan fingerprint density at radius 3 is 2.32 bits per heavy atom. The molecule has 1 heterocycles. The zero-order valence-corrected chi connectivity index (χ0v) is 18.4. The Morgan fingerprint density at radius 1 is 1.00 bits per heavy atom. The molecule has 0 unspecified atom stereocenters. The van der Waals surface area contributed by atoms with Gasteiger partial charge in [-0.3, -0.25) is 9.69 Å². The molecule has 4 rings (SSSR count). The lowest BCUT2D eigenvalue weighted by atomic mass is 10.1. The van der Waals surface area contributed by atoms with Crippen LogP contribution in [0.5, 0.6) is 11.5 Å². The Kier molecular flexibility index (Phi) is 6.51. The molecule has 3 aromatic rings. The Bertz CT molecular complexity index is 1290. The molecule has 0 aliphatic carbocycles. The van der Waals surface area contributed by atoms with Crippen LogP contribution in [0.3, 0.4) is 0 Å². The van der Waals surface area contributed by atoms with Crippen molar-refractivity contribution in [2.24, 2.45) is 0 Å². The van der Waals surface area contributed by atoms with Crippen LogP contribution in [0.2, 0.25) is 0 Å². The van der Waals surface area contributed by atoms with E-state index in [0.717, 1.165) is 0 Å². The second-order valence-corrected chi connectivity index (χ2v) is 7.51. The lowest BCUT2D eigenvalue weighted by Gasteiger charge is -2.13. The molecule has 0 saturated carbocycles. The number of hydrogen-bond acceptors (Lipinski definition) is 4. The Morgan fingerprint density at radius 2 is 1.68 bits per heavy atom. The molecule has 1 saturated heterocycles. The van der Waals surface area contributed by atoms with E-state index < -0.39 is 35.6 Å². The number of benzene rings is 3. The number of anilines is 1. The summed E-state index contributed by atoms with van der Waals surface area (Å²) in [4.78, 5) is 14.2. The number of rotatable bonds is 6. The van der Waals surface area contributed by atoms with E-state index in [9.17, 15) is 22.4 Å². The molecule has 1 fully saturated rings. The number of nitrogens with zero attached hydrogens (tertiary/aromatic N) is 1. The molecule has 1 aliphatic rings. The highest BCUT2D eigenvalue weighted by Gasteiger charge is 2.31. The molecule has 3 aromatic carbocycles. The van der Waals surface area contributed by atoms with Crippen molar-refractivity contribution >= 4 is 35.0 Å². The number of halogens is 4. The molecule has 0 atom stereocenters. The first-order chi connectivity index (χ1) is 16.3. The van der Waals surface area contributed by atoms with Gasteiger partial charge in [0.25, 0.3) is 5.91 Å². The van der Waals surface area contributed by atoms with Crippen molar-refractivity contribution in [2.45, 2.75) is 6.61 Å². The van der Waals surface area contributed by atoms with Crippen molar-refractivity contribution in [3.05, 3.63) is 94.7 Å². The van der Waals surface area contributed by atoms with Gasteiger partial charge in [0.2, 0.25) is 11.6 Å². The molecule has 1 aliphatic heterocycles. The topological polar surface area (TPSA) is 50.8 Å². The maximum atomic E-state index is 13.9. The van der Waals surface area contributed by atoms with Gasteiger partial charge in [0.1, 0.15) is 18.1 Å². The van der Waals surface area contributed by atoms with Crippen LogP contribution in [0, 0.1) is 23.3 Å². The third kappa shape index (κ3) is 4.44. The molecular formula is C24H16F4N2O3S. The zero-order valence-electron chi connectivity index (χ0n) is 17.6. The fraction of sp³-hybridized carbons (Fsp3) is 0.0833. The van der Waals surface area contributed by atoms with Crippen LogP contribution >= 0.6 is 12.2 Å². The number of carbonyl (C=O) groups excluding carboxylic acids is 1. The van der Waals surface area contributed by atoms with Gasteiger partial charge in [0, 0.05) is 11.6 Å². The lowest BCUT2D eigenvalue weighted by molar-refractivity contribution is -0.113. The van der Waals surface area contributed by atoms with E-state index in [1.54, 1.807) is 42.5 Å². The molecule has 10 heteroatoms. The van der Waals surface area contributed by atoms with Crippen molar-refractivity contribution in [1.82, 2.24) is 5.32 Å². The van der Waals surface area contributed by atoms with Crippen molar-refractivity contribution in [3.8, 4) is 11.5 Å². The van der Waals surface area contributed by atoms with Gasteiger partial charge in [-0.15, -0.1) is 0 Å². The molecule has 1 N–H and O–H groups in total. The normalized spacial score (nSPS) is 14.5. The average molecular weight is 488 g/mol. The van der Waals surface area contributed by atoms with Crippen LogP contribution in [-0.4, -0.2) is 18.1 Å². The minimum absolute atomic E-state index is 0.0969. The molecule has 34 heavy (non-hydrogen) atoms. The van der Waals surface area contributed by atoms with Gasteiger partial charge in [-0.2, -0.15) is 8.78 Å². The predicted molar refractivity (Wildman–Crippen MR) is 121 cm³/mol. The number of amides is 1. The van der Waals surface area contributed by atoms with Gasteiger partial charge >= 0.3 is 0 Å². The summed E-state index contributed by atoms with van der Waals surface area (Å²) in [6, 6.07) is 13.7. The fourth-order valence-electron chi connectivity index (χ4n) is 3.34. The summed E-state index contributed by atoms with van der Waals surface area (Å²) in [5, 5.41) is 3.06. The largest absolute Gasteiger partial charge is 0.496 e. The number of hydrogen-bond donors (Lipinski definition) is 1. The highest BCUT2D eigenvalue weighted by molar-refractivity contribution is 7.80. The highest BCUT2D eigenvalue weighted by atomic mass is 32.1. The number of nitrogens with one attached hydrogen (secondary N) is 1. The van der Waals surface area contributed by atoms with Gasteiger partial charge in [0.15, 0.2) is 22.5 Å². The average Bonchev–Trinajstić information content (AvgIpc) is 3.11. The van der Waals surface area contributed by atoms with Crippen molar-refractivity contribution in [1.29, 1.82) is 0 Å². The van der Waals surface area contributed by atoms with Crippen LogP contribution in [0.25, 0.3) is 6.08 Å². The van der Waals surface area contributed by atoms with Gasteiger partial charge < -0.3 is 14.8 Å². The third-order valence-corrected chi connectivity index (χ3v) is 5.24. The number of ether oxygens (including phenoxy) is 2. The number of para-hydroxylation sites is 1. The summed E-state index contributed by atoms with van der Waals surface area (Å²) in [5.74, 6) is -7.71. The quantitative estimate of drug-likeness (QED) is 0.227. The Balaban J connectivity index is 1.61. The second kappa shape index (κ2) is 9.52. The van der Waals surface area contributed by atoms with Crippen molar-refractivity contribution in [2.75, 3.05) is 12.0 Å². The first kappa shape index (κ1) is 23.2. The van der Waals surface area contributed by atoms with E-state index >= 15 is 0 Å². The van der Waals surface area contributed by atoms with Crippen molar-refractivity contribution in [3.63, 3.8) is 0 Å². The van der Waals surface area contributed by atoms with Crippen LogP contribution in [0.1, 0.15) is 11.1 Å². The molecule has 174 valence electrons. The third-order valence-electron chi connectivity index (χ3n) is 4.95. The monoisotopic (exact) mass is 488 g/mol. The fourth-order valence-corrected chi connectivity index (χ4v) is 3.64. The Labute approximate surface area is 197 Å². The molecule has 0 bridgehead atoms. The second-order valence-electron chi connectivity index (χ2n) is 7.12. The van der Waals surface area contributed by atoms with Gasteiger partial charge in [-0.05, 0) is 48.1 Å². The summed E-state index contributed by atoms with van der Waals surface area (Å²) < 4.78 is 65.0. The van der Waals surface area contributed by atoms with Crippen LogP contribution in [-0.2, 0) is 11.4 Å². The van der Waals surface area contributed by atoms with Crippen LogP contribution in [0.15, 0.2) is 60.3 Å². The summed E-state index contributed by atoms with van der Waals surface area (Å²) in [6.07, 6.45) is 1.53. The van der Waals surface area contributed by atoms with E-state index in [0.29, 0.717) is 22.6 Å². The zero-order chi connectivity index (χ0) is 24.4. The number of thiocarbonyl (C=S) groups is 1. The minimum Gasteiger partial charge on any atom is -0.496 e. The maximum absolute atomic E-state index is 13.9. The lowest BCUT2D eigenvalue weighted by Crippen LogP contribution is -2.30. The number of carbonyl (C=O) groups is 1. The van der Waals surface area contributed by atoms with E-state index in [1.807, 2.05) is 6.07 Å². The molecular weight excluding hydrogens is 472 g/mol. The highest BCUT2D eigenvalue weighted by Crippen LogP contribution is 2.30. The van der Waals surface area contributed by atoms with Crippen LogP contribution in [0.4, 0.5) is 23.2 Å². The SMILES string of the molecule is COc1ccc(/C=C2/NC(=S)N(c3ccccc3)C2=O)cc1COc1c(F)c(F)cc(F)c1F. The van der Waals surface area contributed by atoms with E-state index in [1.165, 1.54) is 18.1 Å². The Hall–Kier alpha value is -3.92. The van der Waals surface area contributed by atoms with Gasteiger partial charge in [-0.1, -0.05) is 24.3 Å². The van der Waals surface area contributed by atoms with E-state index in [2.05, 4.69) is 5.32 Å². The minimum atomic E-state index is -1.65. The first-order valence-electron chi connectivity index (χ1n) is 9.85. The summed E-state index contributed by atoms with van der Waals surface area (Å²) in [6.45, 7) is -0.465. The molecule has 1 amide bonds. The molecule has 0 radical (unpaired) electrons. The molecule has 0 spiro atoms. The first-order valence-corrected chi connectivity index (χ1v) is 10.3. The summed E-state index contributed by atoms with van der Waals surface area (Å²) >= 11 is 5.28. The maximum Gasteiger partial charge on any atom is 0.281 e. The van der Waals surface area contributed by atoms with E-state index in [-0.39, 0.29) is 22.8 Å². The smallest absolute Gasteiger partial charge is 0.281 e. The standard InChI is InChI=1S/C24H16F4N2O3S/c1-32-19-8-7-13(9-14(19)12-33-22-20(27)16(25)11-17(26)21(22)28)10-18-23(31)30(24(34)29-18)15-5-3-2-4-6-15/h2-11H,12H2,1H3,(H,29,34)/b18-10+.